The Balaban J connectivity index is 2.68. The fraction of sp³-hybridized carbons (Fsp3) is 0.750. The summed E-state index contributed by atoms with van der Waals surface area (Å²) in [6.07, 6.45) is 3.84. The van der Waals surface area contributed by atoms with Crippen molar-refractivity contribution in [2.45, 2.75) is 33.6 Å². The maximum Gasteiger partial charge on any atom is 0.163 e. The Hall–Kier alpha value is -0.790. The minimum absolute atomic E-state index is 0.248. The number of carbonyl (C=O) groups excluding carboxylic acids is 1. The maximum absolute atomic E-state index is 12.0. The average molecular weight is 195 g/mol. The van der Waals surface area contributed by atoms with Crippen molar-refractivity contribution in [1.29, 1.82) is 0 Å². The molecule has 0 aromatic carbocycles. The molecule has 0 heterocycles. The molecule has 1 aliphatic rings. The summed E-state index contributed by atoms with van der Waals surface area (Å²) in [6.45, 7) is 6.37. The summed E-state index contributed by atoms with van der Waals surface area (Å²) in [5.41, 5.74) is 1.21. The Morgan fingerprint density at radius 2 is 2.00 bits per heavy atom. The van der Waals surface area contributed by atoms with Crippen molar-refractivity contribution in [3.8, 4) is 0 Å². The Labute approximate surface area is 87.0 Å². The lowest BCUT2D eigenvalue weighted by atomic mass is 10.0. The van der Waals surface area contributed by atoms with Gasteiger partial charge in [0.05, 0.1) is 0 Å². The lowest BCUT2D eigenvalue weighted by Gasteiger charge is -2.10. The van der Waals surface area contributed by atoms with Gasteiger partial charge in [-0.1, -0.05) is 20.8 Å². The predicted molar refractivity (Wildman–Crippen MR) is 59.0 cm³/mol. The molecule has 1 unspecified atom stereocenters. The molecule has 2 nitrogen and oxygen atoms in total. The highest BCUT2D eigenvalue weighted by Gasteiger charge is 2.50. The molecule has 0 bridgehead atoms. The van der Waals surface area contributed by atoms with E-state index < -0.39 is 0 Å². The van der Waals surface area contributed by atoms with Crippen LogP contribution in [0.5, 0.6) is 0 Å². The van der Waals surface area contributed by atoms with E-state index in [4.69, 9.17) is 0 Å². The number of hydrogen-bond acceptors (Lipinski definition) is 2. The fourth-order valence-corrected chi connectivity index (χ4v) is 1.78. The van der Waals surface area contributed by atoms with Gasteiger partial charge in [-0.05, 0) is 18.3 Å². The van der Waals surface area contributed by atoms with E-state index in [-0.39, 0.29) is 11.3 Å². The lowest BCUT2D eigenvalue weighted by molar-refractivity contribution is -0.117. The molecule has 2 heteroatoms. The Morgan fingerprint density at radius 3 is 2.29 bits per heavy atom. The zero-order valence-electron chi connectivity index (χ0n) is 9.92. The first-order valence-corrected chi connectivity index (χ1v) is 5.30. The molecule has 0 aliphatic heterocycles. The molecule has 1 saturated carbocycles. The first-order chi connectivity index (χ1) is 6.38. The van der Waals surface area contributed by atoms with Gasteiger partial charge in [-0.2, -0.15) is 0 Å². The van der Waals surface area contributed by atoms with Gasteiger partial charge in [0.2, 0.25) is 0 Å². The van der Waals surface area contributed by atoms with E-state index in [1.54, 1.807) is 0 Å². The third kappa shape index (κ3) is 2.37. The van der Waals surface area contributed by atoms with Crippen LogP contribution in [0.3, 0.4) is 0 Å². The van der Waals surface area contributed by atoms with E-state index in [2.05, 4.69) is 13.8 Å². The quantitative estimate of drug-likeness (QED) is 0.642. The van der Waals surface area contributed by atoms with Gasteiger partial charge >= 0.3 is 0 Å². The molecular weight excluding hydrogens is 174 g/mol. The first-order valence-electron chi connectivity index (χ1n) is 5.30. The van der Waals surface area contributed by atoms with Gasteiger partial charge in [-0.25, -0.2) is 0 Å². The fourth-order valence-electron chi connectivity index (χ4n) is 1.78. The minimum Gasteiger partial charge on any atom is -0.383 e. The van der Waals surface area contributed by atoms with Gasteiger partial charge in [-0.3, -0.25) is 4.79 Å². The van der Waals surface area contributed by atoms with Crippen molar-refractivity contribution in [2.24, 2.45) is 11.3 Å². The van der Waals surface area contributed by atoms with Gasteiger partial charge in [-0.15, -0.1) is 0 Å². The van der Waals surface area contributed by atoms with Gasteiger partial charge in [0.1, 0.15) is 0 Å². The molecular formula is C12H21NO. The van der Waals surface area contributed by atoms with Crippen LogP contribution in [-0.4, -0.2) is 24.8 Å². The molecule has 1 atom stereocenters. The number of Topliss-reactive ketones (excluding diaryl/α,β-unsaturated/α-hetero) is 1. The van der Waals surface area contributed by atoms with E-state index in [1.807, 2.05) is 32.1 Å². The van der Waals surface area contributed by atoms with E-state index in [0.717, 1.165) is 18.4 Å². The molecule has 0 aromatic rings. The summed E-state index contributed by atoms with van der Waals surface area (Å²) in [7, 11) is 3.92. The van der Waals surface area contributed by atoms with Crippen LogP contribution in [0.1, 0.15) is 33.6 Å². The second-order valence-electron chi connectivity index (χ2n) is 5.08. The van der Waals surface area contributed by atoms with Crippen LogP contribution in [-0.2, 0) is 4.79 Å². The topological polar surface area (TPSA) is 20.3 Å². The summed E-state index contributed by atoms with van der Waals surface area (Å²) in [5.74, 6) is 0.625. The summed E-state index contributed by atoms with van der Waals surface area (Å²) in [6, 6.07) is 0. The van der Waals surface area contributed by atoms with Crippen LogP contribution in [0, 0.1) is 11.3 Å². The number of hydrogen-bond donors (Lipinski definition) is 0. The van der Waals surface area contributed by atoms with Gasteiger partial charge in [0.25, 0.3) is 0 Å². The van der Waals surface area contributed by atoms with Crippen LogP contribution >= 0.6 is 0 Å². The van der Waals surface area contributed by atoms with Crippen LogP contribution in [0.2, 0.25) is 0 Å². The third-order valence-electron chi connectivity index (χ3n) is 2.94. The molecule has 80 valence electrons. The van der Waals surface area contributed by atoms with E-state index in [0.29, 0.717) is 5.78 Å². The molecule has 1 aliphatic carbocycles. The van der Waals surface area contributed by atoms with E-state index in [1.165, 1.54) is 0 Å². The Kier molecular flexibility index (Phi) is 3.03. The summed E-state index contributed by atoms with van der Waals surface area (Å²) < 4.78 is 0. The van der Waals surface area contributed by atoms with Crippen molar-refractivity contribution in [2.75, 3.05) is 14.1 Å². The Bertz CT molecular complexity index is 263. The van der Waals surface area contributed by atoms with Crippen LogP contribution in [0.25, 0.3) is 0 Å². The second-order valence-corrected chi connectivity index (χ2v) is 5.08. The smallest absolute Gasteiger partial charge is 0.163 e. The van der Waals surface area contributed by atoms with Crippen LogP contribution in [0.15, 0.2) is 11.8 Å². The highest BCUT2D eigenvalue weighted by Crippen LogP contribution is 2.53. The van der Waals surface area contributed by atoms with Crippen LogP contribution in [0.4, 0.5) is 0 Å². The zero-order chi connectivity index (χ0) is 10.9. The van der Waals surface area contributed by atoms with E-state index in [9.17, 15) is 4.79 Å². The van der Waals surface area contributed by atoms with Crippen molar-refractivity contribution in [3.63, 3.8) is 0 Å². The lowest BCUT2D eigenvalue weighted by Crippen LogP contribution is -2.12. The van der Waals surface area contributed by atoms with Crippen molar-refractivity contribution in [1.82, 2.24) is 4.90 Å². The summed E-state index contributed by atoms with van der Waals surface area (Å²) in [5, 5.41) is 0. The molecule has 0 amide bonds. The standard InChI is InChI=1S/C12H21NO/c1-6-9(8-13(4)5)11(14)10-7-12(10,2)3/h8,10H,6-7H2,1-5H3/b9-8+. The number of rotatable bonds is 4. The second kappa shape index (κ2) is 3.76. The molecule has 0 radical (unpaired) electrons. The van der Waals surface area contributed by atoms with Crippen molar-refractivity contribution < 1.29 is 4.79 Å². The third-order valence-corrected chi connectivity index (χ3v) is 2.94. The van der Waals surface area contributed by atoms with E-state index >= 15 is 0 Å². The number of nitrogens with zero attached hydrogens (tertiary/aromatic N) is 1. The highest BCUT2D eigenvalue weighted by atomic mass is 16.1. The molecule has 0 spiro atoms. The zero-order valence-corrected chi connectivity index (χ0v) is 9.92. The highest BCUT2D eigenvalue weighted by molar-refractivity contribution is 5.99. The van der Waals surface area contributed by atoms with Crippen molar-refractivity contribution in [3.05, 3.63) is 11.8 Å². The van der Waals surface area contributed by atoms with Crippen LogP contribution < -0.4 is 0 Å². The van der Waals surface area contributed by atoms with Gasteiger partial charge < -0.3 is 4.90 Å². The van der Waals surface area contributed by atoms with Gasteiger partial charge in [0.15, 0.2) is 5.78 Å². The Morgan fingerprint density at radius 1 is 1.50 bits per heavy atom. The number of ketones is 1. The molecule has 14 heavy (non-hydrogen) atoms. The molecule has 0 saturated heterocycles. The molecule has 1 rings (SSSR count). The average Bonchev–Trinajstić information content (AvgIpc) is 2.69. The summed E-state index contributed by atoms with van der Waals surface area (Å²) in [4.78, 5) is 13.9. The minimum atomic E-state index is 0.248. The largest absolute Gasteiger partial charge is 0.383 e. The molecule has 1 fully saturated rings. The first kappa shape index (κ1) is 11.3. The van der Waals surface area contributed by atoms with Crippen molar-refractivity contribution >= 4 is 5.78 Å². The normalized spacial score (nSPS) is 24.6. The number of allylic oxidation sites excluding steroid dienone is 1. The molecule has 0 N–H and O–H groups in total. The monoisotopic (exact) mass is 195 g/mol. The number of carbonyl (C=O) groups is 1. The SMILES string of the molecule is CC/C(=C\N(C)C)C(=O)C1CC1(C)C. The maximum atomic E-state index is 12.0. The van der Waals surface area contributed by atoms with Gasteiger partial charge in [0, 0.05) is 31.8 Å². The predicted octanol–water partition coefficient (Wildman–Crippen LogP) is 2.46. The molecule has 0 aromatic heterocycles. The summed E-state index contributed by atoms with van der Waals surface area (Å²) >= 11 is 0.